The topological polar surface area (TPSA) is 76.4 Å². The molecular formula is C19H20FN3O3S. The van der Waals surface area contributed by atoms with Gasteiger partial charge < -0.3 is 15.2 Å². The largest absolute Gasteiger partial charge is 0.396 e. The van der Waals surface area contributed by atoms with Gasteiger partial charge in [-0.1, -0.05) is 0 Å². The number of thiophene rings is 1. The van der Waals surface area contributed by atoms with Crippen LogP contribution in [0.4, 0.5) is 4.39 Å². The van der Waals surface area contributed by atoms with Crippen molar-refractivity contribution in [3.05, 3.63) is 46.7 Å². The van der Waals surface area contributed by atoms with Crippen LogP contribution in [0.3, 0.4) is 0 Å². The van der Waals surface area contributed by atoms with Crippen LogP contribution < -0.4 is 5.32 Å². The van der Waals surface area contributed by atoms with E-state index in [0.29, 0.717) is 18.0 Å². The number of fused-ring (bicyclic) bond motifs is 1. The van der Waals surface area contributed by atoms with Crippen molar-refractivity contribution in [2.24, 2.45) is 5.92 Å². The van der Waals surface area contributed by atoms with Gasteiger partial charge in [0.1, 0.15) is 10.6 Å². The van der Waals surface area contributed by atoms with Crippen molar-refractivity contribution in [1.29, 1.82) is 0 Å². The molecule has 1 saturated heterocycles. The Kier molecular flexibility index (Phi) is 4.94. The smallest absolute Gasteiger partial charge is 0.261 e. The molecule has 2 N–H and O–H groups in total. The van der Waals surface area contributed by atoms with Crippen LogP contribution in [0.15, 0.2) is 30.3 Å². The SMILES string of the molecule is Cc1nn(-c2ccc(F)cc2)c2sc(C(=O)NCC3CC(CO)CO3)cc12. The van der Waals surface area contributed by atoms with Gasteiger partial charge in [0.05, 0.1) is 29.0 Å². The molecule has 27 heavy (non-hydrogen) atoms. The van der Waals surface area contributed by atoms with Gasteiger partial charge >= 0.3 is 0 Å². The summed E-state index contributed by atoms with van der Waals surface area (Å²) in [6, 6.07) is 7.94. The molecule has 1 aromatic carbocycles. The van der Waals surface area contributed by atoms with E-state index >= 15 is 0 Å². The van der Waals surface area contributed by atoms with E-state index in [9.17, 15) is 9.18 Å². The number of aryl methyl sites for hydroxylation is 1. The molecule has 1 fully saturated rings. The number of aliphatic hydroxyl groups excluding tert-OH is 1. The average Bonchev–Trinajstić information content (AvgIpc) is 3.37. The summed E-state index contributed by atoms with van der Waals surface area (Å²) in [5, 5.41) is 17.5. The molecule has 0 spiro atoms. The Bertz CT molecular complexity index is 967. The summed E-state index contributed by atoms with van der Waals surface area (Å²) in [6.45, 7) is 2.96. The fourth-order valence-electron chi connectivity index (χ4n) is 3.26. The number of aromatic nitrogens is 2. The van der Waals surface area contributed by atoms with Gasteiger partial charge in [-0.2, -0.15) is 5.10 Å². The van der Waals surface area contributed by atoms with Gasteiger partial charge in [-0.25, -0.2) is 9.07 Å². The Labute approximate surface area is 159 Å². The molecule has 2 unspecified atom stereocenters. The molecule has 1 amide bonds. The van der Waals surface area contributed by atoms with Gasteiger partial charge in [-0.3, -0.25) is 4.79 Å². The minimum Gasteiger partial charge on any atom is -0.396 e. The Morgan fingerprint density at radius 2 is 2.22 bits per heavy atom. The van der Waals surface area contributed by atoms with E-state index in [4.69, 9.17) is 9.84 Å². The number of aliphatic hydroxyl groups is 1. The Balaban J connectivity index is 1.52. The zero-order valence-electron chi connectivity index (χ0n) is 14.8. The number of amides is 1. The fraction of sp³-hybridized carbons (Fsp3) is 0.368. The van der Waals surface area contributed by atoms with Crippen LogP contribution in [-0.4, -0.2) is 46.7 Å². The van der Waals surface area contributed by atoms with Crippen LogP contribution in [0.5, 0.6) is 0 Å². The number of rotatable bonds is 5. The summed E-state index contributed by atoms with van der Waals surface area (Å²) >= 11 is 1.35. The number of carbonyl (C=O) groups excluding carboxylic acids is 1. The highest BCUT2D eigenvalue weighted by Gasteiger charge is 2.25. The number of benzene rings is 1. The number of carbonyl (C=O) groups is 1. The van der Waals surface area contributed by atoms with Gasteiger partial charge in [0, 0.05) is 24.5 Å². The summed E-state index contributed by atoms with van der Waals surface area (Å²) < 4.78 is 20.5. The number of halogens is 1. The summed E-state index contributed by atoms with van der Waals surface area (Å²) in [5.41, 5.74) is 1.56. The Morgan fingerprint density at radius 3 is 2.93 bits per heavy atom. The molecule has 6 nitrogen and oxygen atoms in total. The molecule has 2 atom stereocenters. The molecule has 1 aliphatic heterocycles. The van der Waals surface area contributed by atoms with Gasteiger partial charge in [0.2, 0.25) is 0 Å². The first-order valence-corrected chi connectivity index (χ1v) is 9.62. The number of hydrogen-bond acceptors (Lipinski definition) is 5. The third-order valence-corrected chi connectivity index (χ3v) is 5.86. The van der Waals surface area contributed by atoms with Gasteiger partial charge in [0.15, 0.2) is 0 Å². The van der Waals surface area contributed by atoms with Crippen molar-refractivity contribution in [2.45, 2.75) is 19.4 Å². The van der Waals surface area contributed by atoms with Crippen LogP contribution in [0.2, 0.25) is 0 Å². The first-order valence-electron chi connectivity index (χ1n) is 8.81. The van der Waals surface area contributed by atoms with E-state index in [-0.39, 0.29) is 30.4 Å². The molecule has 0 bridgehead atoms. The minimum atomic E-state index is -0.303. The first kappa shape index (κ1) is 18.1. The lowest BCUT2D eigenvalue weighted by atomic mass is 10.1. The highest BCUT2D eigenvalue weighted by molar-refractivity contribution is 7.20. The van der Waals surface area contributed by atoms with Crippen molar-refractivity contribution in [3.8, 4) is 5.69 Å². The molecule has 3 aromatic rings. The van der Waals surface area contributed by atoms with E-state index in [2.05, 4.69) is 10.4 Å². The zero-order chi connectivity index (χ0) is 19.0. The maximum Gasteiger partial charge on any atom is 0.261 e. The highest BCUT2D eigenvalue weighted by Crippen LogP contribution is 2.30. The molecule has 0 saturated carbocycles. The molecule has 0 radical (unpaired) electrons. The number of nitrogens with one attached hydrogen (secondary N) is 1. The Hall–Kier alpha value is -2.29. The third kappa shape index (κ3) is 3.60. The monoisotopic (exact) mass is 389 g/mol. The van der Waals surface area contributed by atoms with Crippen molar-refractivity contribution in [2.75, 3.05) is 19.8 Å². The molecule has 2 aromatic heterocycles. The van der Waals surface area contributed by atoms with Crippen LogP contribution in [-0.2, 0) is 4.74 Å². The quantitative estimate of drug-likeness (QED) is 0.703. The number of nitrogens with zero attached hydrogens (tertiary/aromatic N) is 2. The van der Waals surface area contributed by atoms with Crippen LogP contribution >= 0.6 is 11.3 Å². The standard InChI is InChI=1S/C19H20FN3O3S/c1-11-16-7-17(18(25)21-8-15-6-12(9-24)10-26-15)27-19(16)23(22-11)14-4-2-13(20)3-5-14/h2-5,7,12,15,24H,6,8-10H2,1H3,(H,21,25). The summed E-state index contributed by atoms with van der Waals surface area (Å²) in [5.74, 6) is -0.305. The van der Waals surface area contributed by atoms with Gasteiger partial charge in [-0.05, 0) is 43.7 Å². The summed E-state index contributed by atoms with van der Waals surface area (Å²) in [4.78, 5) is 14.0. The average molecular weight is 389 g/mol. The minimum absolute atomic E-state index is 0.0584. The molecule has 3 heterocycles. The second-order valence-corrected chi connectivity index (χ2v) is 7.78. The van der Waals surface area contributed by atoms with E-state index in [1.165, 1.54) is 23.5 Å². The van der Waals surface area contributed by atoms with Crippen molar-refractivity contribution < 1.29 is 19.0 Å². The highest BCUT2D eigenvalue weighted by atomic mass is 32.1. The maximum absolute atomic E-state index is 13.2. The first-order chi connectivity index (χ1) is 13.0. The summed E-state index contributed by atoms with van der Waals surface area (Å²) in [7, 11) is 0. The lowest BCUT2D eigenvalue weighted by molar-refractivity contribution is 0.0839. The molecule has 0 aliphatic carbocycles. The normalized spacial score (nSPS) is 19.7. The molecule has 8 heteroatoms. The second-order valence-electron chi connectivity index (χ2n) is 6.75. The molecular weight excluding hydrogens is 369 g/mol. The second kappa shape index (κ2) is 7.38. The van der Waals surface area contributed by atoms with Crippen molar-refractivity contribution in [1.82, 2.24) is 15.1 Å². The fourth-order valence-corrected chi connectivity index (χ4v) is 4.36. The lowest BCUT2D eigenvalue weighted by Gasteiger charge is -2.10. The van der Waals surface area contributed by atoms with Crippen molar-refractivity contribution >= 4 is 27.5 Å². The van der Waals surface area contributed by atoms with E-state index < -0.39 is 0 Å². The molecule has 4 rings (SSSR count). The van der Waals surface area contributed by atoms with Gasteiger partial charge in [0.25, 0.3) is 5.91 Å². The molecule has 1 aliphatic rings. The molecule has 142 valence electrons. The number of hydrogen-bond donors (Lipinski definition) is 2. The van der Waals surface area contributed by atoms with Gasteiger partial charge in [-0.15, -0.1) is 11.3 Å². The predicted octanol–water partition coefficient (Wildman–Crippen LogP) is 2.66. The Morgan fingerprint density at radius 1 is 1.44 bits per heavy atom. The van der Waals surface area contributed by atoms with E-state index in [1.807, 2.05) is 13.0 Å². The van der Waals surface area contributed by atoms with E-state index in [1.54, 1.807) is 16.8 Å². The number of ether oxygens (including phenoxy) is 1. The van der Waals surface area contributed by atoms with E-state index in [0.717, 1.165) is 28.0 Å². The zero-order valence-corrected chi connectivity index (χ0v) is 15.6. The van der Waals surface area contributed by atoms with Crippen LogP contribution in [0, 0.1) is 18.7 Å². The predicted molar refractivity (Wildman–Crippen MR) is 101 cm³/mol. The third-order valence-electron chi connectivity index (χ3n) is 4.75. The van der Waals surface area contributed by atoms with Crippen LogP contribution in [0.1, 0.15) is 21.8 Å². The van der Waals surface area contributed by atoms with Crippen LogP contribution in [0.25, 0.3) is 15.9 Å². The summed E-state index contributed by atoms with van der Waals surface area (Å²) in [6.07, 6.45) is 0.693. The maximum atomic E-state index is 13.2. The lowest BCUT2D eigenvalue weighted by Crippen LogP contribution is -2.31. The van der Waals surface area contributed by atoms with Crippen molar-refractivity contribution in [3.63, 3.8) is 0 Å².